The molecule has 0 aliphatic carbocycles. The number of para-hydroxylation sites is 1. The lowest BCUT2D eigenvalue weighted by molar-refractivity contribution is 0.0881. The van der Waals surface area contributed by atoms with Crippen LogP contribution in [0.4, 0.5) is 5.69 Å². The molecule has 1 amide bonds. The Kier molecular flexibility index (Phi) is 2.49. The van der Waals surface area contributed by atoms with Gasteiger partial charge in [-0.3, -0.25) is 4.79 Å². The number of rotatable bonds is 0. The summed E-state index contributed by atoms with van der Waals surface area (Å²) in [5.41, 5.74) is 1.06. The molecule has 0 atom stereocenters. The number of piperidine rings is 1. The third-order valence-corrected chi connectivity index (χ3v) is 3.75. The molecule has 5 heteroatoms. The molecular formula is C12H14ClN3O. The molecule has 2 heterocycles. The number of amides is 1. The zero-order valence-corrected chi connectivity index (χ0v) is 10.1. The van der Waals surface area contributed by atoms with Crippen LogP contribution in [-0.4, -0.2) is 24.7 Å². The Bertz CT molecular complexity index is 469. The molecule has 2 aliphatic heterocycles. The topological polar surface area (TPSA) is 53.2 Å². The number of carbonyl (C=O) groups excluding carboxylic acids is 1. The van der Waals surface area contributed by atoms with Gasteiger partial charge in [0.05, 0.1) is 16.3 Å². The van der Waals surface area contributed by atoms with E-state index in [1.54, 1.807) is 18.2 Å². The molecule has 1 aromatic rings. The van der Waals surface area contributed by atoms with Crippen molar-refractivity contribution in [2.24, 2.45) is 0 Å². The first-order chi connectivity index (χ1) is 8.20. The van der Waals surface area contributed by atoms with E-state index < -0.39 is 0 Å². The second-order valence-electron chi connectivity index (χ2n) is 4.57. The first-order valence-corrected chi connectivity index (χ1v) is 6.18. The Morgan fingerprint density at radius 3 is 2.71 bits per heavy atom. The van der Waals surface area contributed by atoms with E-state index in [-0.39, 0.29) is 11.6 Å². The predicted octanol–water partition coefficient (Wildman–Crippen LogP) is 1.57. The smallest absolute Gasteiger partial charge is 0.255 e. The van der Waals surface area contributed by atoms with Crippen LogP contribution in [-0.2, 0) is 0 Å². The van der Waals surface area contributed by atoms with Crippen molar-refractivity contribution in [1.82, 2.24) is 10.6 Å². The first kappa shape index (κ1) is 10.9. The molecule has 3 N–H and O–H groups in total. The number of benzene rings is 1. The van der Waals surface area contributed by atoms with E-state index in [0.29, 0.717) is 10.6 Å². The van der Waals surface area contributed by atoms with E-state index in [4.69, 9.17) is 11.6 Å². The maximum Gasteiger partial charge on any atom is 0.255 e. The van der Waals surface area contributed by atoms with Crippen molar-refractivity contribution >= 4 is 23.2 Å². The summed E-state index contributed by atoms with van der Waals surface area (Å²) in [4.78, 5) is 12.1. The van der Waals surface area contributed by atoms with E-state index in [1.807, 2.05) is 0 Å². The largest absolute Gasteiger partial charge is 0.361 e. The van der Waals surface area contributed by atoms with Crippen LogP contribution in [0.3, 0.4) is 0 Å². The molecule has 1 fully saturated rings. The van der Waals surface area contributed by atoms with Gasteiger partial charge in [0.15, 0.2) is 0 Å². The number of anilines is 1. The number of fused-ring (bicyclic) bond motifs is 1. The normalized spacial score (nSPS) is 21.6. The lowest BCUT2D eigenvalue weighted by Gasteiger charge is -2.43. The highest BCUT2D eigenvalue weighted by Gasteiger charge is 2.38. The van der Waals surface area contributed by atoms with Crippen LogP contribution >= 0.6 is 11.6 Å². The lowest BCUT2D eigenvalue weighted by atomic mass is 9.93. The van der Waals surface area contributed by atoms with Crippen molar-refractivity contribution in [3.05, 3.63) is 28.8 Å². The Labute approximate surface area is 105 Å². The Morgan fingerprint density at radius 2 is 1.94 bits per heavy atom. The fraction of sp³-hybridized carbons (Fsp3) is 0.417. The number of nitrogens with one attached hydrogen (secondary N) is 3. The van der Waals surface area contributed by atoms with Gasteiger partial charge in [0.25, 0.3) is 5.91 Å². The van der Waals surface area contributed by atoms with E-state index in [1.165, 1.54) is 0 Å². The maximum absolute atomic E-state index is 12.1. The van der Waals surface area contributed by atoms with Crippen LogP contribution in [0.15, 0.2) is 18.2 Å². The number of hydrogen-bond acceptors (Lipinski definition) is 3. The molecular weight excluding hydrogens is 238 g/mol. The summed E-state index contributed by atoms with van der Waals surface area (Å²) in [6.45, 7) is 1.79. The van der Waals surface area contributed by atoms with Gasteiger partial charge in [-0.05, 0) is 25.2 Å². The van der Waals surface area contributed by atoms with Crippen LogP contribution in [0.1, 0.15) is 23.2 Å². The van der Waals surface area contributed by atoms with Gasteiger partial charge >= 0.3 is 0 Å². The van der Waals surface area contributed by atoms with Gasteiger partial charge < -0.3 is 16.0 Å². The quantitative estimate of drug-likeness (QED) is 0.656. The van der Waals surface area contributed by atoms with Crippen molar-refractivity contribution in [3.63, 3.8) is 0 Å². The minimum absolute atomic E-state index is 0.0387. The highest BCUT2D eigenvalue weighted by atomic mass is 35.5. The summed E-state index contributed by atoms with van der Waals surface area (Å²) in [6, 6.07) is 5.39. The van der Waals surface area contributed by atoms with E-state index in [2.05, 4.69) is 16.0 Å². The molecule has 2 aliphatic rings. The summed E-state index contributed by atoms with van der Waals surface area (Å²) in [5, 5.41) is 10.4. The molecule has 0 radical (unpaired) electrons. The van der Waals surface area contributed by atoms with Crippen LogP contribution in [0.5, 0.6) is 0 Å². The van der Waals surface area contributed by atoms with Crippen molar-refractivity contribution in [2.75, 3.05) is 18.4 Å². The second-order valence-corrected chi connectivity index (χ2v) is 4.98. The van der Waals surface area contributed by atoms with Crippen LogP contribution in [0.25, 0.3) is 0 Å². The molecule has 1 aromatic carbocycles. The minimum atomic E-state index is -0.333. The number of carbonyl (C=O) groups is 1. The average Bonchev–Trinajstić information content (AvgIpc) is 2.32. The zero-order valence-electron chi connectivity index (χ0n) is 9.35. The van der Waals surface area contributed by atoms with E-state index in [9.17, 15) is 4.79 Å². The summed E-state index contributed by atoms with van der Waals surface area (Å²) in [6.07, 6.45) is 1.73. The van der Waals surface area contributed by atoms with Crippen LogP contribution < -0.4 is 16.0 Å². The summed E-state index contributed by atoms with van der Waals surface area (Å²) in [5.74, 6) is -0.0387. The van der Waals surface area contributed by atoms with Crippen molar-refractivity contribution < 1.29 is 4.79 Å². The average molecular weight is 252 g/mol. The molecule has 17 heavy (non-hydrogen) atoms. The van der Waals surface area contributed by atoms with Gasteiger partial charge in [0.2, 0.25) is 0 Å². The first-order valence-electron chi connectivity index (χ1n) is 5.80. The Morgan fingerprint density at radius 1 is 1.18 bits per heavy atom. The van der Waals surface area contributed by atoms with Crippen molar-refractivity contribution in [3.8, 4) is 0 Å². The molecule has 0 aromatic heterocycles. The van der Waals surface area contributed by atoms with Crippen molar-refractivity contribution in [1.29, 1.82) is 0 Å². The van der Waals surface area contributed by atoms with Gasteiger partial charge in [0, 0.05) is 12.8 Å². The van der Waals surface area contributed by atoms with E-state index >= 15 is 0 Å². The standard InChI is InChI=1S/C12H14ClN3O/c13-9-3-1-2-8-10(9)15-12(16-11(8)17)4-6-14-7-5-12/h1-3,14-15H,4-7H2,(H,16,17). The highest BCUT2D eigenvalue weighted by molar-refractivity contribution is 6.34. The second kappa shape index (κ2) is 3.89. The van der Waals surface area contributed by atoms with Gasteiger partial charge in [-0.25, -0.2) is 0 Å². The summed E-state index contributed by atoms with van der Waals surface area (Å²) < 4.78 is 0. The summed E-state index contributed by atoms with van der Waals surface area (Å²) >= 11 is 6.15. The van der Waals surface area contributed by atoms with Gasteiger partial charge in [-0.2, -0.15) is 0 Å². The molecule has 90 valence electrons. The van der Waals surface area contributed by atoms with Gasteiger partial charge in [-0.15, -0.1) is 0 Å². The minimum Gasteiger partial charge on any atom is -0.361 e. The van der Waals surface area contributed by atoms with E-state index in [0.717, 1.165) is 31.6 Å². The van der Waals surface area contributed by atoms with Crippen LogP contribution in [0.2, 0.25) is 5.02 Å². The molecule has 1 saturated heterocycles. The predicted molar refractivity (Wildman–Crippen MR) is 67.4 cm³/mol. The monoisotopic (exact) mass is 251 g/mol. The van der Waals surface area contributed by atoms with Gasteiger partial charge in [-0.1, -0.05) is 17.7 Å². The molecule has 0 unspecified atom stereocenters. The number of halogens is 1. The Hall–Kier alpha value is -1.26. The van der Waals surface area contributed by atoms with Crippen molar-refractivity contribution in [2.45, 2.75) is 18.5 Å². The fourth-order valence-electron chi connectivity index (χ4n) is 2.50. The maximum atomic E-state index is 12.1. The number of hydrogen-bond donors (Lipinski definition) is 3. The molecule has 0 saturated carbocycles. The SMILES string of the molecule is O=C1NC2(CCNCC2)Nc2c(Cl)cccc21. The van der Waals surface area contributed by atoms with Gasteiger partial charge in [0.1, 0.15) is 5.66 Å². The molecule has 1 spiro atoms. The third-order valence-electron chi connectivity index (χ3n) is 3.43. The van der Waals surface area contributed by atoms with Crippen LogP contribution in [0, 0.1) is 0 Å². The fourth-order valence-corrected chi connectivity index (χ4v) is 2.72. The molecule has 4 nitrogen and oxygen atoms in total. The molecule has 3 rings (SSSR count). The third kappa shape index (κ3) is 1.77. The highest BCUT2D eigenvalue weighted by Crippen LogP contribution is 2.34. The summed E-state index contributed by atoms with van der Waals surface area (Å²) in [7, 11) is 0. The lowest BCUT2D eigenvalue weighted by Crippen LogP contribution is -2.61. The molecule has 0 bridgehead atoms. The Balaban J connectivity index is 2.02. The zero-order chi connectivity index (χ0) is 11.9.